The van der Waals surface area contributed by atoms with Crippen LogP contribution in [0.5, 0.6) is 0 Å². The highest BCUT2D eigenvalue weighted by molar-refractivity contribution is 5.85. The summed E-state index contributed by atoms with van der Waals surface area (Å²) in [6, 6.07) is -0.505. The highest BCUT2D eigenvalue weighted by Crippen LogP contribution is 2.24. The van der Waals surface area contributed by atoms with E-state index in [4.69, 9.17) is 4.74 Å². The summed E-state index contributed by atoms with van der Waals surface area (Å²) in [5, 5.41) is 2.87. The van der Waals surface area contributed by atoms with Crippen LogP contribution >= 0.6 is 0 Å². The molecule has 1 amide bonds. The predicted octanol–water partition coefficient (Wildman–Crippen LogP) is 2.27. The van der Waals surface area contributed by atoms with E-state index < -0.39 is 6.04 Å². The Kier molecular flexibility index (Phi) is 6.16. The van der Waals surface area contributed by atoms with Crippen LogP contribution in [0.25, 0.3) is 0 Å². The topological polar surface area (TPSA) is 55.4 Å². The molecule has 104 valence electrons. The number of carbonyl (C=O) groups excluding carboxylic acids is 2. The summed E-state index contributed by atoms with van der Waals surface area (Å²) in [5.41, 5.74) is 0. The molecule has 0 radical (unpaired) electrons. The fraction of sp³-hybridized carbons (Fsp3) is 0.857. The number of methoxy groups -OCH3 is 1. The minimum absolute atomic E-state index is 0.0189. The lowest BCUT2D eigenvalue weighted by Gasteiger charge is -2.26. The molecular formula is C14H25NO3. The van der Waals surface area contributed by atoms with E-state index in [1.807, 2.05) is 13.8 Å². The van der Waals surface area contributed by atoms with E-state index in [1.165, 1.54) is 13.5 Å². The van der Waals surface area contributed by atoms with Gasteiger partial charge in [0.15, 0.2) is 0 Å². The average Bonchev–Trinajstić information content (AvgIpc) is 2.43. The van der Waals surface area contributed by atoms with Gasteiger partial charge in [-0.05, 0) is 18.8 Å². The lowest BCUT2D eigenvalue weighted by molar-refractivity contribution is -0.147. The molecule has 1 aliphatic rings. The number of hydrogen-bond donors (Lipinski definition) is 1. The Bertz CT molecular complexity index is 285. The van der Waals surface area contributed by atoms with E-state index in [0.29, 0.717) is 0 Å². The summed E-state index contributed by atoms with van der Waals surface area (Å²) in [5.74, 6) is -0.140. The van der Waals surface area contributed by atoms with Crippen LogP contribution < -0.4 is 5.32 Å². The molecule has 1 rings (SSSR count). The van der Waals surface area contributed by atoms with Crippen molar-refractivity contribution < 1.29 is 14.3 Å². The molecule has 0 bridgehead atoms. The van der Waals surface area contributed by atoms with Gasteiger partial charge in [0, 0.05) is 5.92 Å². The van der Waals surface area contributed by atoms with E-state index in [-0.39, 0.29) is 23.7 Å². The SMILES string of the molecule is CCC(C)C(NC(=O)C1CCCCC1)C(=O)OC. The van der Waals surface area contributed by atoms with E-state index >= 15 is 0 Å². The number of hydrogen-bond acceptors (Lipinski definition) is 3. The van der Waals surface area contributed by atoms with Crippen LogP contribution in [0.1, 0.15) is 52.4 Å². The first-order valence-corrected chi connectivity index (χ1v) is 6.98. The molecule has 0 saturated heterocycles. The van der Waals surface area contributed by atoms with Crippen molar-refractivity contribution in [1.82, 2.24) is 5.32 Å². The summed E-state index contributed by atoms with van der Waals surface area (Å²) in [6.45, 7) is 3.97. The highest BCUT2D eigenvalue weighted by atomic mass is 16.5. The Balaban J connectivity index is 2.58. The maximum Gasteiger partial charge on any atom is 0.328 e. The Morgan fingerprint density at radius 2 is 1.89 bits per heavy atom. The predicted molar refractivity (Wildman–Crippen MR) is 70.0 cm³/mol. The minimum Gasteiger partial charge on any atom is -0.467 e. The molecular weight excluding hydrogens is 230 g/mol. The third kappa shape index (κ3) is 4.00. The largest absolute Gasteiger partial charge is 0.467 e. The molecule has 2 atom stereocenters. The second-order valence-electron chi connectivity index (χ2n) is 5.23. The Morgan fingerprint density at radius 1 is 1.28 bits per heavy atom. The Morgan fingerprint density at radius 3 is 2.39 bits per heavy atom. The fourth-order valence-corrected chi connectivity index (χ4v) is 2.43. The van der Waals surface area contributed by atoms with Gasteiger partial charge in [-0.3, -0.25) is 4.79 Å². The van der Waals surface area contributed by atoms with Gasteiger partial charge in [0.25, 0.3) is 0 Å². The number of carbonyl (C=O) groups is 2. The third-order valence-corrected chi connectivity index (χ3v) is 3.94. The normalized spacial score (nSPS) is 19.9. The quantitative estimate of drug-likeness (QED) is 0.767. The second-order valence-corrected chi connectivity index (χ2v) is 5.23. The van der Waals surface area contributed by atoms with Gasteiger partial charge in [0.1, 0.15) is 6.04 Å². The van der Waals surface area contributed by atoms with Crippen molar-refractivity contribution in [3.8, 4) is 0 Å². The first-order valence-electron chi connectivity index (χ1n) is 6.98. The van der Waals surface area contributed by atoms with Crippen LogP contribution in [-0.2, 0) is 14.3 Å². The van der Waals surface area contributed by atoms with Crippen LogP contribution in [0.3, 0.4) is 0 Å². The highest BCUT2D eigenvalue weighted by Gasteiger charge is 2.30. The molecule has 2 unspecified atom stereocenters. The summed E-state index contributed by atoms with van der Waals surface area (Å²) < 4.78 is 4.77. The molecule has 1 saturated carbocycles. The molecule has 0 aromatic heterocycles. The molecule has 0 spiro atoms. The number of rotatable bonds is 5. The van der Waals surface area contributed by atoms with Gasteiger partial charge >= 0.3 is 5.97 Å². The van der Waals surface area contributed by atoms with Crippen LogP contribution in [0, 0.1) is 11.8 Å². The number of nitrogens with one attached hydrogen (secondary N) is 1. The lowest BCUT2D eigenvalue weighted by Crippen LogP contribution is -2.48. The summed E-state index contributed by atoms with van der Waals surface area (Å²) in [7, 11) is 1.37. The van der Waals surface area contributed by atoms with E-state index in [0.717, 1.165) is 32.1 Å². The van der Waals surface area contributed by atoms with Gasteiger partial charge in [-0.25, -0.2) is 4.79 Å². The molecule has 0 aliphatic heterocycles. The molecule has 18 heavy (non-hydrogen) atoms. The number of amides is 1. The van der Waals surface area contributed by atoms with Crippen LogP contribution in [-0.4, -0.2) is 25.0 Å². The fourth-order valence-electron chi connectivity index (χ4n) is 2.43. The molecule has 4 nitrogen and oxygen atoms in total. The zero-order chi connectivity index (χ0) is 13.5. The van der Waals surface area contributed by atoms with Gasteiger partial charge < -0.3 is 10.1 Å². The van der Waals surface area contributed by atoms with Gasteiger partial charge in [-0.2, -0.15) is 0 Å². The van der Waals surface area contributed by atoms with Crippen LogP contribution in [0.15, 0.2) is 0 Å². The van der Waals surface area contributed by atoms with Crippen molar-refractivity contribution in [2.75, 3.05) is 7.11 Å². The molecule has 0 aromatic rings. The van der Waals surface area contributed by atoms with Crippen molar-refractivity contribution in [2.45, 2.75) is 58.4 Å². The summed E-state index contributed by atoms with van der Waals surface area (Å²) in [6.07, 6.45) is 6.18. The zero-order valence-electron chi connectivity index (χ0n) is 11.7. The number of ether oxygens (including phenoxy) is 1. The van der Waals surface area contributed by atoms with Gasteiger partial charge in [-0.1, -0.05) is 39.5 Å². The molecule has 1 fully saturated rings. The van der Waals surface area contributed by atoms with Gasteiger partial charge in [0.05, 0.1) is 7.11 Å². The maximum absolute atomic E-state index is 12.1. The van der Waals surface area contributed by atoms with E-state index in [1.54, 1.807) is 0 Å². The van der Waals surface area contributed by atoms with Crippen LogP contribution in [0.4, 0.5) is 0 Å². The Hall–Kier alpha value is -1.06. The smallest absolute Gasteiger partial charge is 0.328 e. The molecule has 1 aliphatic carbocycles. The Labute approximate surface area is 109 Å². The van der Waals surface area contributed by atoms with Gasteiger partial charge in [0.2, 0.25) is 5.91 Å². The first kappa shape index (κ1) is 15.0. The zero-order valence-corrected chi connectivity index (χ0v) is 11.7. The van der Waals surface area contributed by atoms with E-state index in [9.17, 15) is 9.59 Å². The summed E-state index contributed by atoms with van der Waals surface area (Å²) >= 11 is 0. The average molecular weight is 255 g/mol. The molecule has 0 aromatic carbocycles. The monoisotopic (exact) mass is 255 g/mol. The molecule has 0 heterocycles. The molecule has 4 heteroatoms. The van der Waals surface area contributed by atoms with Gasteiger partial charge in [-0.15, -0.1) is 0 Å². The standard InChI is InChI=1S/C14H25NO3/c1-4-10(2)12(14(17)18-3)15-13(16)11-8-6-5-7-9-11/h10-12H,4-9H2,1-3H3,(H,15,16). The lowest BCUT2D eigenvalue weighted by atomic mass is 9.88. The summed E-state index contributed by atoms with van der Waals surface area (Å²) in [4.78, 5) is 23.8. The van der Waals surface area contributed by atoms with Crippen molar-refractivity contribution in [3.05, 3.63) is 0 Å². The minimum atomic E-state index is -0.505. The van der Waals surface area contributed by atoms with Crippen molar-refractivity contribution in [2.24, 2.45) is 11.8 Å². The van der Waals surface area contributed by atoms with Crippen LogP contribution in [0.2, 0.25) is 0 Å². The third-order valence-electron chi connectivity index (χ3n) is 3.94. The van der Waals surface area contributed by atoms with E-state index in [2.05, 4.69) is 5.32 Å². The first-order chi connectivity index (χ1) is 8.60. The van der Waals surface area contributed by atoms with Crippen molar-refractivity contribution in [3.63, 3.8) is 0 Å². The van der Waals surface area contributed by atoms with Crippen molar-refractivity contribution >= 4 is 11.9 Å². The second kappa shape index (κ2) is 7.39. The molecule has 1 N–H and O–H groups in total. The van der Waals surface area contributed by atoms with Crippen molar-refractivity contribution in [1.29, 1.82) is 0 Å². The number of esters is 1. The maximum atomic E-state index is 12.1.